The van der Waals surface area contributed by atoms with Gasteiger partial charge in [0.05, 0.1) is 6.61 Å². The molecule has 2 amide bonds. The number of hydrogen-bond donors (Lipinski definition) is 3. The molecule has 5 nitrogen and oxygen atoms in total. The Hall–Kier alpha value is -1.75. The monoisotopic (exact) mass is 294 g/mol. The maximum absolute atomic E-state index is 11.7. The van der Waals surface area contributed by atoms with Gasteiger partial charge >= 0.3 is 6.03 Å². The van der Waals surface area contributed by atoms with Crippen molar-refractivity contribution in [3.05, 3.63) is 29.3 Å². The Kier molecular flexibility index (Phi) is 7.61. The first-order valence-corrected chi connectivity index (χ1v) is 7.41. The third-order valence-corrected chi connectivity index (χ3v) is 3.23. The zero-order valence-corrected chi connectivity index (χ0v) is 13.1. The Morgan fingerprint density at radius 2 is 2.14 bits per heavy atom. The van der Waals surface area contributed by atoms with Crippen LogP contribution in [0.5, 0.6) is 5.75 Å². The number of hydrogen-bond acceptors (Lipinski definition) is 3. The maximum atomic E-state index is 11.7. The SMILES string of the molecule is CCOc1ccc(CNC(=O)NCC(C)CCO)cc1C. The molecule has 1 rings (SSSR count). The Balaban J connectivity index is 2.37. The highest BCUT2D eigenvalue weighted by atomic mass is 16.5. The first-order chi connectivity index (χ1) is 10.1. The standard InChI is InChI=1S/C16H26N2O3/c1-4-21-15-6-5-14(9-13(15)3)11-18-16(20)17-10-12(2)7-8-19/h5-6,9,12,19H,4,7-8,10-11H2,1-3H3,(H2,17,18,20). The van der Waals surface area contributed by atoms with E-state index in [1.54, 1.807) is 0 Å². The van der Waals surface area contributed by atoms with Gasteiger partial charge in [-0.1, -0.05) is 19.1 Å². The van der Waals surface area contributed by atoms with Crippen LogP contribution in [0.2, 0.25) is 0 Å². The summed E-state index contributed by atoms with van der Waals surface area (Å²) in [4.78, 5) is 11.7. The van der Waals surface area contributed by atoms with Crippen LogP contribution in [0.15, 0.2) is 18.2 Å². The molecule has 1 unspecified atom stereocenters. The van der Waals surface area contributed by atoms with Crippen LogP contribution in [0, 0.1) is 12.8 Å². The summed E-state index contributed by atoms with van der Waals surface area (Å²) in [6.45, 7) is 7.78. The molecule has 1 aromatic rings. The average molecular weight is 294 g/mol. The van der Waals surface area contributed by atoms with E-state index in [4.69, 9.17) is 9.84 Å². The van der Waals surface area contributed by atoms with Crippen molar-refractivity contribution in [3.63, 3.8) is 0 Å². The summed E-state index contributed by atoms with van der Waals surface area (Å²) in [5.74, 6) is 1.15. The molecule has 1 aromatic carbocycles. The molecule has 0 saturated heterocycles. The molecule has 0 bridgehead atoms. The summed E-state index contributed by atoms with van der Waals surface area (Å²) in [7, 11) is 0. The fraction of sp³-hybridized carbons (Fsp3) is 0.562. The fourth-order valence-electron chi connectivity index (χ4n) is 1.97. The second kappa shape index (κ2) is 9.23. The summed E-state index contributed by atoms with van der Waals surface area (Å²) < 4.78 is 5.48. The fourth-order valence-corrected chi connectivity index (χ4v) is 1.97. The van der Waals surface area contributed by atoms with Crippen LogP contribution in [0.25, 0.3) is 0 Å². The molecule has 0 saturated carbocycles. The number of aryl methyl sites for hydroxylation is 1. The molecule has 0 aliphatic rings. The van der Waals surface area contributed by atoms with Crippen LogP contribution in [0.3, 0.4) is 0 Å². The first kappa shape index (κ1) is 17.3. The van der Waals surface area contributed by atoms with Gasteiger partial charge in [-0.25, -0.2) is 4.79 Å². The van der Waals surface area contributed by atoms with E-state index in [1.165, 1.54) is 0 Å². The van der Waals surface area contributed by atoms with Gasteiger partial charge in [-0.05, 0) is 43.4 Å². The molecular weight excluding hydrogens is 268 g/mol. The second-order valence-corrected chi connectivity index (χ2v) is 5.21. The number of carbonyl (C=O) groups is 1. The van der Waals surface area contributed by atoms with Gasteiger partial charge in [0, 0.05) is 19.7 Å². The van der Waals surface area contributed by atoms with Gasteiger partial charge in [-0.15, -0.1) is 0 Å². The van der Waals surface area contributed by atoms with E-state index in [2.05, 4.69) is 10.6 Å². The van der Waals surface area contributed by atoms with E-state index in [-0.39, 0.29) is 18.6 Å². The molecule has 0 radical (unpaired) electrons. The highest BCUT2D eigenvalue weighted by Crippen LogP contribution is 2.18. The Morgan fingerprint density at radius 3 is 2.76 bits per heavy atom. The molecule has 0 aliphatic heterocycles. The predicted octanol–water partition coefficient (Wildman–Crippen LogP) is 2.21. The number of ether oxygens (including phenoxy) is 1. The van der Waals surface area contributed by atoms with Crippen molar-refractivity contribution in [2.24, 2.45) is 5.92 Å². The van der Waals surface area contributed by atoms with Crippen molar-refractivity contribution in [1.29, 1.82) is 0 Å². The summed E-state index contributed by atoms with van der Waals surface area (Å²) >= 11 is 0. The van der Waals surface area contributed by atoms with Crippen molar-refractivity contribution in [1.82, 2.24) is 10.6 Å². The lowest BCUT2D eigenvalue weighted by Gasteiger charge is -2.13. The molecule has 118 valence electrons. The van der Waals surface area contributed by atoms with Crippen molar-refractivity contribution >= 4 is 6.03 Å². The van der Waals surface area contributed by atoms with E-state index >= 15 is 0 Å². The smallest absolute Gasteiger partial charge is 0.315 e. The van der Waals surface area contributed by atoms with E-state index in [0.717, 1.165) is 16.9 Å². The lowest BCUT2D eigenvalue weighted by atomic mass is 10.1. The molecule has 3 N–H and O–H groups in total. The highest BCUT2D eigenvalue weighted by Gasteiger charge is 2.06. The van der Waals surface area contributed by atoms with Gasteiger partial charge < -0.3 is 20.5 Å². The molecule has 0 fully saturated rings. The van der Waals surface area contributed by atoms with E-state index in [0.29, 0.717) is 26.1 Å². The molecule has 0 aromatic heterocycles. The topological polar surface area (TPSA) is 70.6 Å². The maximum Gasteiger partial charge on any atom is 0.315 e. The van der Waals surface area contributed by atoms with Crippen LogP contribution in [0.4, 0.5) is 4.79 Å². The van der Waals surface area contributed by atoms with Gasteiger partial charge in [-0.2, -0.15) is 0 Å². The lowest BCUT2D eigenvalue weighted by molar-refractivity contribution is 0.233. The minimum absolute atomic E-state index is 0.149. The van der Waals surface area contributed by atoms with E-state index in [1.807, 2.05) is 39.0 Å². The van der Waals surface area contributed by atoms with Crippen LogP contribution >= 0.6 is 0 Å². The quantitative estimate of drug-likeness (QED) is 0.688. The summed E-state index contributed by atoms with van der Waals surface area (Å²) in [5.41, 5.74) is 2.10. The van der Waals surface area contributed by atoms with Crippen LogP contribution in [-0.4, -0.2) is 30.9 Å². The molecular formula is C16H26N2O3. The van der Waals surface area contributed by atoms with Gasteiger partial charge in [0.15, 0.2) is 0 Å². The molecule has 0 heterocycles. The predicted molar refractivity (Wildman–Crippen MR) is 83.5 cm³/mol. The number of aliphatic hydroxyl groups is 1. The van der Waals surface area contributed by atoms with Crippen molar-refractivity contribution in [2.75, 3.05) is 19.8 Å². The number of carbonyl (C=O) groups excluding carboxylic acids is 1. The normalized spacial score (nSPS) is 11.8. The van der Waals surface area contributed by atoms with Gasteiger partial charge in [-0.3, -0.25) is 0 Å². The van der Waals surface area contributed by atoms with Crippen molar-refractivity contribution in [3.8, 4) is 5.75 Å². The van der Waals surface area contributed by atoms with E-state index < -0.39 is 0 Å². The average Bonchev–Trinajstić information content (AvgIpc) is 2.46. The van der Waals surface area contributed by atoms with Gasteiger partial charge in [0.1, 0.15) is 5.75 Å². The van der Waals surface area contributed by atoms with Crippen molar-refractivity contribution < 1.29 is 14.6 Å². The molecule has 0 aliphatic carbocycles. The van der Waals surface area contributed by atoms with Crippen LogP contribution < -0.4 is 15.4 Å². The molecule has 0 spiro atoms. The third kappa shape index (κ3) is 6.49. The molecule has 21 heavy (non-hydrogen) atoms. The second-order valence-electron chi connectivity index (χ2n) is 5.21. The summed E-state index contributed by atoms with van der Waals surface area (Å²) in [5, 5.41) is 14.4. The lowest BCUT2D eigenvalue weighted by Crippen LogP contribution is -2.37. The van der Waals surface area contributed by atoms with E-state index in [9.17, 15) is 4.79 Å². The van der Waals surface area contributed by atoms with Crippen molar-refractivity contribution in [2.45, 2.75) is 33.7 Å². The van der Waals surface area contributed by atoms with Gasteiger partial charge in [0.25, 0.3) is 0 Å². The first-order valence-electron chi connectivity index (χ1n) is 7.41. The highest BCUT2D eigenvalue weighted by molar-refractivity contribution is 5.73. The minimum Gasteiger partial charge on any atom is -0.494 e. The number of rotatable bonds is 8. The third-order valence-electron chi connectivity index (χ3n) is 3.23. The van der Waals surface area contributed by atoms with Crippen LogP contribution in [0.1, 0.15) is 31.4 Å². The zero-order valence-electron chi connectivity index (χ0n) is 13.1. The summed E-state index contributed by atoms with van der Waals surface area (Å²) in [6, 6.07) is 5.70. The number of amides is 2. The summed E-state index contributed by atoms with van der Waals surface area (Å²) in [6.07, 6.45) is 0.693. The number of nitrogens with one attached hydrogen (secondary N) is 2. The molecule has 1 atom stereocenters. The Labute approximate surface area is 126 Å². The largest absolute Gasteiger partial charge is 0.494 e. The Morgan fingerprint density at radius 1 is 1.38 bits per heavy atom. The van der Waals surface area contributed by atoms with Crippen LogP contribution in [-0.2, 0) is 6.54 Å². The van der Waals surface area contributed by atoms with Gasteiger partial charge in [0.2, 0.25) is 0 Å². The number of urea groups is 1. The Bertz CT molecular complexity index is 449. The number of aliphatic hydroxyl groups excluding tert-OH is 1. The minimum atomic E-state index is -0.189. The molecule has 5 heteroatoms. The number of benzene rings is 1. The zero-order chi connectivity index (χ0) is 15.7.